The second-order valence-corrected chi connectivity index (χ2v) is 17.1. The second kappa shape index (κ2) is 21.3. The molecular formula is C42H71NO6. The van der Waals surface area contributed by atoms with E-state index in [9.17, 15) is 14.4 Å². The third kappa shape index (κ3) is 16.2. The highest BCUT2D eigenvalue weighted by Gasteiger charge is 2.60. The number of hydrogen-bond donors (Lipinski definition) is 0. The van der Waals surface area contributed by atoms with Gasteiger partial charge in [-0.25, -0.2) is 0 Å². The van der Waals surface area contributed by atoms with Gasteiger partial charge in [0.1, 0.15) is 19.8 Å². The number of unbranched alkanes of at least 4 members (excludes halogenated alkanes) is 8. The minimum absolute atomic E-state index is 0.0441. The fourth-order valence-corrected chi connectivity index (χ4v) is 9.78. The molecule has 4 aliphatic carbocycles. The number of hydrogen-bond acceptors (Lipinski definition) is 7. The van der Waals surface area contributed by atoms with E-state index < -0.39 is 0 Å². The molecule has 4 fully saturated rings. The van der Waals surface area contributed by atoms with Gasteiger partial charge in [-0.15, -0.1) is 0 Å². The maximum absolute atomic E-state index is 13.2. The first-order valence-corrected chi connectivity index (χ1v) is 19.9. The molecule has 7 nitrogen and oxygen atoms in total. The van der Waals surface area contributed by atoms with Crippen LogP contribution in [0.2, 0.25) is 0 Å². The molecule has 4 rings (SSSR count). The van der Waals surface area contributed by atoms with Gasteiger partial charge in [0.15, 0.2) is 0 Å². The van der Waals surface area contributed by atoms with Crippen LogP contribution in [0.25, 0.3) is 0 Å². The van der Waals surface area contributed by atoms with E-state index in [1.807, 2.05) is 19.0 Å². The van der Waals surface area contributed by atoms with Gasteiger partial charge in [0, 0.05) is 12.8 Å². The number of ether oxygens (including phenoxy) is 3. The Morgan fingerprint density at radius 2 is 1.20 bits per heavy atom. The predicted octanol–water partition coefficient (Wildman–Crippen LogP) is 9.77. The lowest BCUT2D eigenvalue weighted by molar-refractivity contribution is -0.170. The zero-order valence-corrected chi connectivity index (χ0v) is 32.0. The lowest BCUT2D eigenvalue weighted by atomic mass is 9.40. The summed E-state index contributed by atoms with van der Waals surface area (Å²) < 4.78 is 17.0. The van der Waals surface area contributed by atoms with Gasteiger partial charge in [0.05, 0.1) is 12.3 Å². The Bertz CT molecular complexity index is 1050. The first-order valence-electron chi connectivity index (χ1n) is 19.9. The average molecular weight is 686 g/mol. The highest BCUT2D eigenvalue weighted by Crippen LogP contribution is 2.70. The lowest BCUT2D eigenvalue weighted by Gasteiger charge is -2.65. The molecule has 0 amide bonds. The van der Waals surface area contributed by atoms with Gasteiger partial charge < -0.3 is 19.1 Å². The van der Waals surface area contributed by atoms with Crippen molar-refractivity contribution in [2.45, 2.75) is 156 Å². The minimum Gasteiger partial charge on any atom is -0.465 e. The molecule has 0 radical (unpaired) electrons. The molecule has 0 heterocycles. The van der Waals surface area contributed by atoms with E-state index in [0.717, 1.165) is 70.3 Å². The lowest BCUT2D eigenvalue weighted by Crippen LogP contribution is -2.55. The van der Waals surface area contributed by atoms with Crippen LogP contribution in [-0.2, 0) is 28.6 Å². The highest BCUT2D eigenvalue weighted by molar-refractivity contribution is 5.71. The normalized spacial score (nSPS) is 26.5. The van der Waals surface area contributed by atoms with E-state index in [1.165, 1.54) is 57.8 Å². The molecule has 0 aromatic rings. The monoisotopic (exact) mass is 686 g/mol. The smallest absolute Gasteiger partial charge is 0.306 e. The fraction of sp³-hybridized carbons (Fsp3) is 0.833. The molecule has 4 saturated carbocycles. The summed E-state index contributed by atoms with van der Waals surface area (Å²) in [5.74, 6) is -0.341. The molecule has 0 aromatic carbocycles. The standard InChI is InChI=1S/C42H71NO6/c1-6-7-8-9-10-11-12-13-14-15-16-17-18-19-20-22-37(44)47-29-36(30-48-38(45)23-21-24-43(4)5)31-49-39(46)28-42-27-35-25-40(2,33-42)32-41(3,26-35)34-42/h10-11,13-14,35-36H,6-9,12,15-34H2,1-5H3/b11-10-,14-13-. The summed E-state index contributed by atoms with van der Waals surface area (Å²) in [7, 11) is 3.95. The molecule has 0 saturated heterocycles. The molecule has 0 N–H and O–H groups in total. The number of rotatable bonds is 26. The summed E-state index contributed by atoms with van der Waals surface area (Å²) in [6.07, 6.45) is 30.7. The third-order valence-corrected chi connectivity index (χ3v) is 11.0. The summed E-state index contributed by atoms with van der Waals surface area (Å²) in [6.45, 7) is 8.14. The van der Waals surface area contributed by atoms with Crippen molar-refractivity contribution in [1.29, 1.82) is 0 Å². The third-order valence-electron chi connectivity index (χ3n) is 11.0. The van der Waals surface area contributed by atoms with Crippen LogP contribution in [0, 0.1) is 28.1 Å². The zero-order valence-electron chi connectivity index (χ0n) is 32.0. The molecule has 0 aromatic heterocycles. The van der Waals surface area contributed by atoms with Gasteiger partial charge >= 0.3 is 17.9 Å². The first kappa shape index (κ1) is 41.3. The fourth-order valence-electron chi connectivity index (χ4n) is 9.78. The van der Waals surface area contributed by atoms with Crippen molar-refractivity contribution in [2.75, 3.05) is 40.5 Å². The van der Waals surface area contributed by atoms with Gasteiger partial charge in [0.2, 0.25) is 0 Å². The number of allylic oxidation sites excluding steroid dienone is 4. The summed E-state index contributed by atoms with van der Waals surface area (Å²) in [4.78, 5) is 40.2. The van der Waals surface area contributed by atoms with Crippen molar-refractivity contribution in [3.05, 3.63) is 24.3 Å². The van der Waals surface area contributed by atoms with Gasteiger partial charge in [-0.2, -0.15) is 0 Å². The van der Waals surface area contributed by atoms with Crippen LogP contribution in [-0.4, -0.2) is 63.3 Å². The zero-order chi connectivity index (χ0) is 35.6. The Balaban J connectivity index is 1.34. The van der Waals surface area contributed by atoms with Gasteiger partial charge in [-0.1, -0.05) is 77.2 Å². The van der Waals surface area contributed by atoms with E-state index in [0.29, 0.717) is 30.1 Å². The predicted molar refractivity (Wildman–Crippen MR) is 198 cm³/mol. The topological polar surface area (TPSA) is 82.1 Å². The highest BCUT2D eigenvalue weighted by atomic mass is 16.6. The maximum atomic E-state index is 13.2. The number of carbonyl (C=O) groups excluding carboxylic acids is 3. The van der Waals surface area contributed by atoms with E-state index >= 15 is 0 Å². The number of esters is 3. The van der Waals surface area contributed by atoms with Crippen molar-refractivity contribution >= 4 is 17.9 Å². The summed E-state index contributed by atoms with van der Waals surface area (Å²) in [5, 5.41) is 0. The van der Waals surface area contributed by atoms with Crippen molar-refractivity contribution in [2.24, 2.45) is 28.1 Å². The molecule has 3 unspecified atom stereocenters. The maximum Gasteiger partial charge on any atom is 0.306 e. The van der Waals surface area contributed by atoms with Gasteiger partial charge in [-0.3, -0.25) is 14.4 Å². The van der Waals surface area contributed by atoms with Crippen LogP contribution in [0.5, 0.6) is 0 Å². The molecule has 280 valence electrons. The van der Waals surface area contributed by atoms with E-state index in [2.05, 4.69) is 45.1 Å². The summed E-state index contributed by atoms with van der Waals surface area (Å²) in [5.41, 5.74) is 0.727. The Labute approximate surface area is 299 Å². The van der Waals surface area contributed by atoms with Crippen LogP contribution in [0.4, 0.5) is 0 Å². The molecule has 49 heavy (non-hydrogen) atoms. The number of carbonyl (C=O) groups is 3. The quantitative estimate of drug-likeness (QED) is 0.0388. The first-order chi connectivity index (χ1) is 23.4. The van der Waals surface area contributed by atoms with Crippen LogP contribution in [0.15, 0.2) is 24.3 Å². The molecule has 0 aliphatic heterocycles. The molecule has 4 aliphatic rings. The Morgan fingerprint density at radius 3 is 1.78 bits per heavy atom. The Hall–Kier alpha value is -2.15. The molecule has 7 heteroatoms. The molecule has 4 bridgehead atoms. The summed E-state index contributed by atoms with van der Waals surface area (Å²) in [6, 6.07) is 0. The Morgan fingerprint density at radius 1 is 0.673 bits per heavy atom. The van der Waals surface area contributed by atoms with Crippen LogP contribution in [0.3, 0.4) is 0 Å². The molecule has 3 atom stereocenters. The summed E-state index contributed by atoms with van der Waals surface area (Å²) >= 11 is 0. The van der Waals surface area contributed by atoms with Crippen molar-refractivity contribution in [3.63, 3.8) is 0 Å². The van der Waals surface area contributed by atoms with Crippen LogP contribution < -0.4 is 0 Å². The van der Waals surface area contributed by atoms with Crippen molar-refractivity contribution in [3.8, 4) is 0 Å². The van der Waals surface area contributed by atoms with Gasteiger partial charge in [-0.05, 0) is 126 Å². The van der Waals surface area contributed by atoms with Crippen LogP contribution >= 0.6 is 0 Å². The van der Waals surface area contributed by atoms with E-state index in [-0.39, 0.29) is 49.1 Å². The van der Waals surface area contributed by atoms with Crippen LogP contribution in [0.1, 0.15) is 156 Å². The second-order valence-electron chi connectivity index (χ2n) is 17.1. The SMILES string of the molecule is CCCCC/C=C\C/C=C\CCCCCCCC(=O)OCC(COC(=O)CCCN(C)C)COC(=O)CC12CC3CC(C)(CC(C)(C3)C1)C2. The van der Waals surface area contributed by atoms with Crippen molar-refractivity contribution < 1.29 is 28.6 Å². The van der Waals surface area contributed by atoms with Crippen molar-refractivity contribution in [1.82, 2.24) is 4.90 Å². The minimum atomic E-state index is -0.373. The average Bonchev–Trinajstić information content (AvgIpc) is 3.00. The van der Waals surface area contributed by atoms with E-state index in [4.69, 9.17) is 14.2 Å². The molecule has 0 spiro atoms. The molecular weight excluding hydrogens is 614 g/mol. The Kier molecular flexibility index (Phi) is 17.9. The van der Waals surface area contributed by atoms with Gasteiger partial charge in [0.25, 0.3) is 0 Å². The largest absolute Gasteiger partial charge is 0.465 e. The van der Waals surface area contributed by atoms with E-state index in [1.54, 1.807) is 0 Å². The number of nitrogens with zero attached hydrogens (tertiary/aromatic N) is 1.